The number of likely N-dealkylation sites (N-methyl/N-ethyl adjacent to an activating group) is 1. The third-order valence-electron chi connectivity index (χ3n) is 4.21. The molecule has 0 unspecified atom stereocenters. The summed E-state index contributed by atoms with van der Waals surface area (Å²) in [6.07, 6.45) is 4.03. The van der Waals surface area contributed by atoms with E-state index in [0.717, 1.165) is 23.2 Å². The Morgan fingerprint density at radius 2 is 1.93 bits per heavy atom. The lowest BCUT2D eigenvalue weighted by Gasteiger charge is -2.13. The third kappa shape index (κ3) is 4.77. The lowest BCUT2D eigenvalue weighted by atomic mass is 10.1. The maximum absolute atomic E-state index is 12.8. The number of amides is 1. The maximum atomic E-state index is 12.8. The molecule has 140 valence electrons. The van der Waals surface area contributed by atoms with Crippen LogP contribution in [0.4, 0.5) is 0 Å². The molecule has 2 aromatic heterocycles. The molecule has 2 heterocycles. The van der Waals surface area contributed by atoms with E-state index in [1.54, 1.807) is 18.5 Å². The number of rotatable bonds is 7. The highest BCUT2D eigenvalue weighted by Gasteiger charge is 2.13. The van der Waals surface area contributed by atoms with E-state index in [-0.39, 0.29) is 18.0 Å². The van der Waals surface area contributed by atoms with Crippen molar-refractivity contribution < 1.29 is 4.79 Å². The number of carbonyl (C=O) groups is 1. The lowest BCUT2D eigenvalue weighted by molar-refractivity contribution is -0.121. The van der Waals surface area contributed by atoms with Crippen LogP contribution in [0, 0.1) is 0 Å². The minimum Gasteiger partial charge on any atom is -0.353 e. The molecule has 1 N–H and O–H groups in total. The van der Waals surface area contributed by atoms with E-state index in [0.29, 0.717) is 18.4 Å². The van der Waals surface area contributed by atoms with E-state index in [1.165, 1.54) is 4.68 Å². The summed E-state index contributed by atoms with van der Waals surface area (Å²) in [6, 6.07) is 11.2. The fourth-order valence-corrected chi connectivity index (χ4v) is 2.85. The number of hydrogen-bond donors (Lipinski definition) is 1. The quantitative estimate of drug-likeness (QED) is 0.677. The summed E-state index contributed by atoms with van der Waals surface area (Å²) < 4.78 is 1.25. The van der Waals surface area contributed by atoms with Crippen molar-refractivity contribution in [3.63, 3.8) is 0 Å². The molecule has 1 amide bonds. The van der Waals surface area contributed by atoms with Crippen LogP contribution < -0.4 is 10.9 Å². The van der Waals surface area contributed by atoms with Gasteiger partial charge in [-0.05, 0) is 31.8 Å². The van der Waals surface area contributed by atoms with Crippen LogP contribution in [0.3, 0.4) is 0 Å². The molecular weight excluding hydrogens is 342 g/mol. The standard InChI is InChI=1S/C20H23N5O2/c1-24(2)11-10-22-19(26)14-25-20(27)17-8-4-3-7-16(17)18(23-25)12-15-6-5-9-21-13-15/h3-9,13H,10-12,14H2,1-2H3,(H,22,26). The zero-order valence-electron chi connectivity index (χ0n) is 15.6. The van der Waals surface area contributed by atoms with Crippen LogP contribution in [-0.4, -0.2) is 52.8 Å². The van der Waals surface area contributed by atoms with Crippen molar-refractivity contribution in [2.24, 2.45) is 0 Å². The highest BCUT2D eigenvalue weighted by molar-refractivity contribution is 5.84. The second-order valence-electron chi connectivity index (χ2n) is 6.65. The first kappa shape index (κ1) is 18.7. The smallest absolute Gasteiger partial charge is 0.275 e. The highest BCUT2D eigenvalue weighted by atomic mass is 16.2. The Hall–Kier alpha value is -3.06. The monoisotopic (exact) mass is 365 g/mol. The third-order valence-corrected chi connectivity index (χ3v) is 4.21. The van der Waals surface area contributed by atoms with E-state index < -0.39 is 0 Å². The summed E-state index contributed by atoms with van der Waals surface area (Å²) in [4.78, 5) is 31.1. The Kier molecular flexibility index (Phi) is 5.93. The van der Waals surface area contributed by atoms with Gasteiger partial charge in [-0.2, -0.15) is 5.10 Å². The molecule has 0 bridgehead atoms. The van der Waals surface area contributed by atoms with Crippen molar-refractivity contribution in [3.8, 4) is 0 Å². The minimum absolute atomic E-state index is 0.100. The Morgan fingerprint density at radius 3 is 2.63 bits per heavy atom. The van der Waals surface area contributed by atoms with Gasteiger partial charge in [-0.25, -0.2) is 4.68 Å². The number of fused-ring (bicyclic) bond motifs is 1. The fourth-order valence-electron chi connectivity index (χ4n) is 2.85. The summed E-state index contributed by atoms with van der Waals surface area (Å²) in [5, 5.41) is 8.66. The predicted molar refractivity (Wildman–Crippen MR) is 105 cm³/mol. The van der Waals surface area contributed by atoms with Gasteiger partial charge >= 0.3 is 0 Å². The first-order valence-corrected chi connectivity index (χ1v) is 8.83. The average molecular weight is 365 g/mol. The van der Waals surface area contributed by atoms with Gasteiger partial charge < -0.3 is 10.2 Å². The number of hydrogen-bond acceptors (Lipinski definition) is 5. The average Bonchev–Trinajstić information content (AvgIpc) is 2.66. The number of nitrogens with zero attached hydrogens (tertiary/aromatic N) is 4. The molecule has 7 heteroatoms. The Labute approximate surface area is 157 Å². The van der Waals surface area contributed by atoms with E-state index in [9.17, 15) is 9.59 Å². The molecule has 0 radical (unpaired) electrons. The first-order chi connectivity index (χ1) is 13.0. The number of nitrogens with one attached hydrogen (secondary N) is 1. The minimum atomic E-state index is -0.261. The van der Waals surface area contributed by atoms with Gasteiger partial charge in [-0.15, -0.1) is 0 Å². The number of benzene rings is 1. The van der Waals surface area contributed by atoms with Crippen LogP contribution in [-0.2, 0) is 17.8 Å². The molecule has 0 aliphatic heterocycles. The molecule has 0 atom stereocenters. The molecule has 0 fully saturated rings. The predicted octanol–water partition coefficient (Wildman–Crippen LogP) is 1.06. The maximum Gasteiger partial charge on any atom is 0.275 e. The normalized spacial score (nSPS) is 11.1. The summed E-state index contributed by atoms with van der Waals surface area (Å²) in [5.74, 6) is -0.228. The van der Waals surface area contributed by atoms with Crippen molar-refractivity contribution in [1.29, 1.82) is 0 Å². The van der Waals surface area contributed by atoms with E-state index in [4.69, 9.17) is 0 Å². The van der Waals surface area contributed by atoms with Crippen LogP contribution in [0.25, 0.3) is 10.8 Å². The Morgan fingerprint density at radius 1 is 1.15 bits per heavy atom. The summed E-state index contributed by atoms with van der Waals surface area (Å²) in [5.41, 5.74) is 1.48. The van der Waals surface area contributed by atoms with Gasteiger partial charge in [0.1, 0.15) is 6.54 Å². The van der Waals surface area contributed by atoms with Crippen LogP contribution in [0.2, 0.25) is 0 Å². The fraction of sp³-hybridized carbons (Fsp3) is 0.300. The summed E-state index contributed by atoms with van der Waals surface area (Å²) in [6.45, 7) is 1.16. The van der Waals surface area contributed by atoms with Crippen LogP contribution in [0.1, 0.15) is 11.3 Å². The second kappa shape index (κ2) is 8.55. The van der Waals surface area contributed by atoms with Crippen LogP contribution >= 0.6 is 0 Å². The molecule has 27 heavy (non-hydrogen) atoms. The van der Waals surface area contributed by atoms with E-state index in [1.807, 2.05) is 49.3 Å². The number of pyridine rings is 1. The number of carbonyl (C=O) groups excluding carboxylic acids is 1. The molecular formula is C20H23N5O2. The van der Waals surface area contributed by atoms with Crippen LogP contribution in [0.5, 0.6) is 0 Å². The number of aromatic nitrogens is 3. The largest absolute Gasteiger partial charge is 0.353 e. The van der Waals surface area contributed by atoms with Gasteiger partial charge in [0.2, 0.25) is 5.91 Å². The Balaban J connectivity index is 1.90. The summed E-state index contributed by atoms with van der Waals surface area (Å²) in [7, 11) is 3.87. The van der Waals surface area contributed by atoms with Crippen molar-refractivity contribution in [3.05, 3.63) is 70.4 Å². The molecule has 0 saturated heterocycles. The molecule has 1 aromatic carbocycles. The zero-order chi connectivity index (χ0) is 19.2. The second-order valence-corrected chi connectivity index (χ2v) is 6.65. The lowest BCUT2D eigenvalue weighted by Crippen LogP contribution is -2.37. The van der Waals surface area contributed by atoms with E-state index in [2.05, 4.69) is 15.4 Å². The van der Waals surface area contributed by atoms with Gasteiger partial charge in [0.05, 0.1) is 11.1 Å². The topological polar surface area (TPSA) is 80.1 Å². The van der Waals surface area contributed by atoms with Gasteiger partial charge in [0.15, 0.2) is 0 Å². The molecule has 0 spiro atoms. The van der Waals surface area contributed by atoms with Crippen molar-refractivity contribution in [2.75, 3.05) is 27.2 Å². The van der Waals surface area contributed by atoms with Crippen molar-refractivity contribution in [1.82, 2.24) is 25.0 Å². The molecule has 0 aliphatic carbocycles. The first-order valence-electron chi connectivity index (χ1n) is 8.83. The van der Waals surface area contributed by atoms with Crippen LogP contribution in [0.15, 0.2) is 53.6 Å². The van der Waals surface area contributed by atoms with Gasteiger partial charge in [0, 0.05) is 37.3 Å². The van der Waals surface area contributed by atoms with Crippen molar-refractivity contribution >= 4 is 16.7 Å². The SMILES string of the molecule is CN(C)CCNC(=O)Cn1nc(Cc2cccnc2)c2ccccc2c1=O. The molecule has 0 aliphatic rings. The molecule has 0 saturated carbocycles. The van der Waals surface area contributed by atoms with Gasteiger partial charge in [-0.3, -0.25) is 14.6 Å². The van der Waals surface area contributed by atoms with Gasteiger partial charge in [-0.1, -0.05) is 24.3 Å². The van der Waals surface area contributed by atoms with E-state index >= 15 is 0 Å². The molecule has 3 rings (SSSR count). The van der Waals surface area contributed by atoms with Crippen molar-refractivity contribution in [2.45, 2.75) is 13.0 Å². The summed E-state index contributed by atoms with van der Waals surface area (Å²) >= 11 is 0. The Bertz CT molecular complexity index is 983. The molecule has 7 nitrogen and oxygen atoms in total. The molecule has 3 aromatic rings. The highest BCUT2D eigenvalue weighted by Crippen LogP contribution is 2.16. The van der Waals surface area contributed by atoms with Gasteiger partial charge in [0.25, 0.3) is 5.56 Å². The zero-order valence-corrected chi connectivity index (χ0v) is 15.6.